The van der Waals surface area contributed by atoms with Gasteiger partial charge in [0.25, 0.3) is 0 Å². The van der Waals surface area contributed by atoms with Crippen LogP contribution in [0.2, 0.25) is 0 Å². The SMILES string of the molecule is CCC1NC2(CC2)C(=O)N1C(C)CN1CCCCC1. The van der Waals surface area contributed by atoms with Crippen molar-refractivity contribution >= 4 is 5.91 Å². The Morgan fingerprint density at radius 1 is 1.32 bits per heavy atom. The highest BCUT2D eigenvalue weighted by molar-refractivity contribution is 5.92. The van der Waals surface area contributed by atoms with Gasteiger partial charge in [0.1, 0.15) is 0 Å². The van der Waals surface area contributed by atoms with Gasteiger partial charge in [0, 0.05) is 12.6 Å². The van der Waals surface area contributed by atoms with Gasteiger partial charge in [-0.15, -0.1) is 0 Å². The second kappa shape index (κ2) is 5.06. The van der Waals surface area contributed by atoms with Crippen molar-refractivity contribution in [2.75, 3.05) is 19.6 Å². The Balaban J connectivity index is 1.64. The summed E-state index contributed by atoms with van der Waals surface area (Å²) in [5.41, 5.74) is -0.156. The van der Waals surface area contributed by atoms with Crippen molar-refractivity contribution < 1.29 is 4.79 Å². The summed E-state index contributed by atoms with van der Waals surface area (Å²) in [6.45, 7) is 7.86. The smallest absolute Gasteiger partial charge is 0.244 e. The maximum atomic E-state index is 12.6. The summed E-state index contributed by atoms with van der Waals surface area (Å²) in [5.74, 6) is 0.365. The van der Waals surface area contributed by atoms with Gasteiger partial charge in [-0.1, -0.05) is 13.3 Å². The van der Waals surface area contributed by atoms with Crippen LogP contribution in [0.1, 0.15) is 52.4 Å². The van der Waals surface area contributed by atoms with Crippen molar-refractivity contribution in [1.82, 2.24) is 15.1 Å². The number of likely N-dealkylation sites (tertiary alicyclic amines) is 1. The lowest BCUT2D eigenvalue weighted by molar-refractivity contribution is -0.133. The standard InChI is InChI=1S/C15H27N3O/c1-3-13-16-15(7-8-15)14(19)18(13)12(2)11-17-9-5-4-6-10-17/h12-13,16H,3-11H2,1-2H3. The molecule has 3 aliphatic rings. The highest BCUT2D eigenvalue weighted by atomic mass is 16.2. The number of rotatable bonds is 4. The van der Waals surface area contributed by atoms with E-state index in [9.17, 15) is 4.79 Å². The third kappa shape index (κ3) is 2.40. The Hall–Kier alpha value is -0.610. The monoisotopic (exact) mass is 265 g/mol. The van der Waals surface area contributed by atoms with Crippen LogP contribution in [-0.2, 0) is 4.79 Å². The van der Waals surface area contributed by atoms with Crippen molar-refractivity contribution in [3.8, 4) is 0 Å². The number of hydrogen-bond donors (Lipinski definition) is 1. The molecule has 2 saturated heterocycles. The molecule has 2 aliphatic heterocycles. The Bertz CT molecular complexity index is 347. The summed E-state index contributed by atoms with van der Waals surface area (Å²) in [5, 5.41) is 3.57. The fourth-order valence-electron chi connectivity index (χ4n) is 3.73. The number of piperidine rings is 1. The molecule has 0 bridgehead atoms. The molecule has 4 nitrogen and oxygen atoms in total. The van der Waals surface area contributed by atoms with Gasteiger partial charge in [-0.05, 0) is 52.1 Å². The minimum Gasteiger partial charge on any atom is -0.322 e. The first-order valence-corrected chi connectivity index (χ1v) is 7.99. The van der Waals surface area contributed by atoms with Crippen molar-refractivity contribution in [3.63, 3.8) is 0 Å². The van der Waals surface area contributed by atoms with Crippen LogP contribution in [0.5, 0.6) is 0 Å². The van der Waals surface area contributed by atoms with Crippen LogP contribution in [-0.4, -0.2) is 53.1 Å². The van der Waals surface area contributed by atoms with Gasteiger partial charge in [-0.3, -0.25) is 10.1 Å². The third-order valence-corrected chi connectivity index (χ3v) is 5.01. The van der Waals surface area contributed by atoms with E-state index < -0.39 is 0 Å². The van der Waals surface area contributed by atoms with Crippen molar-refractivity contribution in [1.29, 1.82) is 0 Å². The summed E-state index contributed by atoms with van der Waals surface area (Å²) in [4.78, 5) is 17.3. The van der Waals surface area contributed by atoms with Gasteiger partial charge in [0.15, 0.2) is 0 Å². The lowest BCUT2D eigenvalue weighted by atomic mass is 10.1. The highest BCUT2D eigenvalue weighted by Crippen LogP contribution is 2.43. The van der Waals surface area contributed by atoms with E-state index in [0.29, 0.717) is 11.9 Å². The van der Waals surface area contributed by atoms with Gasteiger partial charge in [-0.2, -0.15) is 0 Å². The Morgan fingerprint density at radius 3 is 2.58 bits per heavy atom. The molecule has 2 heterocycles. The summed E-state index contributed by atoms with van der Waals surface area (Å²) < 4.78 is 0. The zero-order valence-corrected chi connectivity index (χ0v) is 12.3. The van der Waals surface area contributed by atoms with Crippen molar-refractivity contribution in [3.05, 3.63) is 0 Å². The maximum absolute atomic E-state index is 12.6. The van der Waals surface area contributed by atoms with Gasteiger partial charge < -0.3 is 9.80 Å². The Kier molecular flexibility index (Phi) is 3.56. The molecule has 1 aliphatic carbocycles. The number of hydrogen-bond acceptors (Lipinski definition) is 3. The molecule has 0 aromatic carbocycles. The zero-order valence-electron chi connectivity index (χ0n) is 12.3. The lowest BCUT2D eigenvalue weighted by Gasteiger charge is -2.35. The largest absolute Gasteiger partial charge is 0.322 e. The average Bonchev–Trinajstić information content (AvgIpc) is 3.13. The fourth-order valence-corrected chi connectivity index (χ4v) is 3.73. The summed E-state index contributed by atoms with van der Waals surface area (Å²) in [6.07, 6.45) is 7.35. The van der Waals surface area contributed by atoms with Crippen LogP contribution in [0.25, 0.3) is 0 Å². The van der Waals surface area contributed by atoms with E-state index in [4.69, 9.17) is 0 Å². The predicted octanol–water partition coefficient (Wildman–Crippen LogP) is 1.56. The number of nitrogens with one attached hydrogen (secondary N) is 1. The molecule has 3 fully saturated rings. The zero-order chi connectivity index (χ0) is 13.5. The minimum atomic E-state index is -0.156. The molecule has 2 atom stereocenters. The number of carbonyl (C=O) groups excluding carboxylic acids is 1. The molecule has 0 aromatic heterocycles. The quantitative estimate of drug-likeness (QED) is 0.838. The molecule has 108 valence electrons. The highest BCUT2D eigenvalue weighted by Gasteiger charge is 2.59. The van der Waals surface area contributed by atoms with Gasteiger partial charge in [0.05, 0.1) is 11.7 Å². The van der Waals surface area contributed by atoms with E-state index >= 15 is 0 Å². The molecule has 19 heavy (non-hydrogen) atoms. The predicted molar refractivity (Wildman–Crippen MR) is 75.8 cm³/mol. The van der Waals surface area contributed by atoms with Crippen molar-refractivity contribution in [2.24, 2.45) is 0 Å². The fraction of sp³-hybridized carbons (Fsp3) is 0.933. The first kappa shape index (κ1) is 13.4. The molecule has 0 aromatic rings. The molecule has 4 heteroatoms. The van der Waals surface area contributed by atoms with Crippen LogP contribution in [0.3, 0.4) is 0 Å². The van der Waals surface area contributed by atoms with Crippen LogP contribution < -0.4 is 5.32 Å². The minimum absolute atomic E-state index is 0.156. The molecule has 1 saturated carbocycles. The third-order valence-electron chi connectivity index (χ3n) is 5.01. The summed E-state index contributed by atoms with van der Waals surface area (Å²) >= 11 is 0. The first-order chi connectivity index (χ1) is 9.16. The summed E-state index contributed by atoms with van der Waals surface area (Å²) in [7, 11) is 0. The van der Waals surface area contributed by atoms with Crippen LogP contribution >= 0.6 is 0 Å². The molecule has 1 N–H and O–H groups in total. The van der Waals surface area contributed by atoms with E-state index in [1.165, 1.54) is 32.4 Å². The normalized spacial score (nSPS) is 32.0. The summed E-state index contributed by atoms with van der Waals surface area (Å²) in [6, 6.07) is 0.336. The van der Waals surface area contributed by atoms with Crippen LogP contribution in [0.4, 0.5) is 0 Å². The molecule has 1 spiro atoms. The lowest BCUT2D eigenvalue weighted by Crippen LogP contribution is -2.49. The molecular weight excluding hydrogens is 238 g/mol. The first-order valence-electron chi connectivity index (χ1n) is 7.99. The van der Waals surface area contributed by atoms with Crippen molar-refractivity contribution in [2.45, 2.75) is 70.1 Å². The van der Waals surface area contributed by atoms with Crippen LogP contribution in [0, 0.1) is 0 Å². The van der Waals surface area contributed by atoms with Gasteiger partial charge >= 0.3 is 0 Å². The maximum Gasteiger partial charge on any atom is 0.244 e. The Morgan fingerprint density at radius 2 is 2.00 bits per heavy atom. The Labute approximate surface area is 116 Å². The molecule has 1 amide bonds. The second-order valence-corrected chi connectivity index (χ2v) is 6.57. The van der Waals surface area contributed by atoms with E-state index in [0.717, 1.165) is 25.8 Å². The van der Waals surface area contributed by atoms with E-state index in [2.05, 4.69) is 29.0 Å². The molecule has 0 radical (unpaired) electrons. The number of nitrogens with zero attached hydrogens (tertiary/aromatic N) is 2. The number of carbonyl (C=O) groups is 1. The average molecular weight is 265 g/mol. The topological polar surface area (TPSA) is 35.6 Å². The van der Waals surface area contributed by atoms with Crippen LogP contribution in [0.15, 0.2) is 0 Å². The molecular formula is C15H27N3O. The van der Waals surface area contributed by atoms with E-state index in [-0.39, 0.29) is 11.7 Å². The molecule has 3 rings (SSSR count). The van der Waals surface area contributed by atoms with Gasteiger partial charge in [0.2, 0.25) is 5.91 Å². The van der Waals surface area contributed by atoms with E-state index in [1.807, 2.05) is 0 Å². The second-order valence-electron chi connectivity index (χ2n) is 6.57. The number of amides is 1. The molecule has 2 unspecified atom stereocenters. The van der Waals surface area contributed by atoms with E-state index in [1.54, 1.807) is 0 Å². The van der Waals surface area contributed by atoms with Gasteiger partial charge in [-0.25, -0.2) is 0 Å².